The Bertz CT molecular complexity index is 447. The van der Waals surface area contributed by atoms with Gasteiger partial charge in [-0.05, 0) is 24.5 Å². The molecule has 2 rings (SSSR count). The number of carbonyl (C=O) groups excluding carboxylic acids is 1. The van der Waals surface area contributed by atoms with Crippen LogP contribution in [0.2, 0.25) is 0 Å². The number of amides is 1. The molecule has 1 saturated carbocycles. The van der Waals surface area contributed by atoms with Crippen molar-refractivity contribution in [3.63, 3.8) is 0 Å². The van der Waals surface area contributed by atoms with Crippen LogP contribution in [0.3, 0.4) is 0 Å². The van der Waals surface area contributed by atoms with Gasteiger partial charge in [-0.1, -0.05) is 18.9 Å². The molecule has 102 valence electrons. The van der Waals surface area contributed by atoms with E-state index in [2.05, 4.69) is 10.3 Å². The van der Waals surface area contributed by atoms with Crippen LogP contribution >= 0.6 is 0 Å². The van der Waals surface area contributed by atoms with Gasteiger partial charge < -0.3 is 10.4 Å². The van der Waals surface area contributed by atoms with Crippen molar-refractivity contribution in [3.8, 4) is 0 Å². The molecule has 1 aliphatic carbocycles. The van der Waals surface area contributed by atoms with Gasteiger partial charge in [0, 0.05) is 18.9 Å². The van der Waals surface area contributed by atoms with Gasteiger partial charge >= 0.3 is 5.97 Å². The fourth-order valence-electron chi connectivity index (χ4n) is 2.56. The van der Waals surface area contributed by atoms with Crippen LogP contribution in [0.15, 0.2) is 24.5 Å². The van der Waals surface area contributed by atoms with Crippen molar-refractivity contribution in [1.82, 2.24) is 10.3 Å². The van der Waals surface area contributed by atoms with Crippen molar-refractivity contribution in [2.45, 2.75) is 32.2 Å². The van der Waals surface area contributed by atoms with E-state index in [-0.39, 0.29) is 5.91 Å². The Balaban J connectivity index is 1.93. The second-order valence-corrected chi connectivity index (χ2v) is 4.91. The standard InChI is InChI=1S/C14H18N2O3/c17-13(16-9-10-4-3-7-15-8-10)11-5-1-2-6-12(11)14(18)19/h3-4,7-8,11-12H,1-2,5-6,9H2,(H,16,17)(H,18,19)/t11-,12+/m0/s1. The maximum Gasteiger partial charge on any atom is 0.307 e. The topological polar surface area (TPSA) is 79.3 Å². The van der Waals surface area contributed by atoms with E-state index in [1.807, 2.05) is 12.1 Å². The third-order valence-corrected chi connectivity index (χ3v) is 3.61. The zero-order chi connectivity index (χ0) is 13.7. The molecule has 1 fully saturated rings. The molecule has 1 heterocycles. The number of carbonyl (C=O) groups is 2. The molecule has 0 unspecified atom stereocenters. The Hall–Kier alpha value is -1.91. The number of nitrogens with one attached hydrogen (secondary N) is 1. The molecule has 2 atom stereocenters. The second kappa shape index (κ2) is 6.31. The molecule has 1 amide bonds. The molecule has 19 heavy (non-hydrogen) atoms. The predicted octanol–water partition coefficient (Wildman–Crippen LogP) is 1.59. The first-order chi connectivity index (χ1) is 9.18. The summed E-state index contributed by atoms with van der Waals surface area (Å²) in [5.41, 5.74) is 0.915. The van der Waals surface area contributed by atoms with Gasteiger partial charge in [-0.25, -0.2) is 0 Å². The van der Waals surface area contributed by atoms with E-state index in [9.17, 15) is 9.59 Å². The van der Waals surface area contributed by atoms with Crippen molar-refractivity contribution in [3.05, 3.63) is 30.1 Å². The van der Waals surface area contributed by atoms with E-state index < -0.39 is 17.8 Å². The van der Waals surface area contributed by atoms with Crippen molar-refractivity contribution in [2.75, 3.05) is 0 Å². The van der Waals surface area contributed by atoms with E-state index in [0.717, 1.165) is 18.4 Å². The molecule has 0 radical (unpaired) electrons. The van der Waals surface area contributed by atoms with Crippen LogP contribution in [-0.4, -0.2) is 22.0 Å². The van der Waals surface area contributed by atoms with E-state index in [1.54, 1.807) is 12.4 Å². The maximum absolute atomic E-state index is 12.1. The van der Waals surface area contributed by atoms with E-state index in [4.69, 9.17) is 5.11 Å². The Morgan fingerprint density at radius 2 is 2.05 bits per heavy atom. The van der Waals surface area contributed by atoms with Gasteiger partial charge in [0.15, 0.2) is 0 Å². The minimum absolute atomic E-state index is 0.157. The molecule has 0 aliphatic heterocycles. The molecule has 0 spiro atoms. The first-order valence-electron chi connectivity index (χ1n) is 6.58. The average molecular weight is 262 g/mol. The molecule has 0 saturated heterocycles. The van der Waals surface area contributed by atoms with Crippen LogP contribution < -0.4 is 5.32 Å². The minimum atomic E-state index is -0.860. The number of carboxylic acids is 1. The van der Waals surface area contributed by atoms with Crippen molar-refractivity contribution in [1.29, 1.82) is 0 Å². The Labute approximate surface area is 112 Å². The molecule has 0 bridgehead atoms. The van der Waals surface area contributed by atoms with Gasteiger partial charge in [-0.2, -0.15) is 0 Å². The SMILES string of the molecule is O=C(NCc1cccnc1)[C@H]1CCCC[C@H]1C(=O)O. The fourth-order valence-corrected chi connectivity index (χ4v) is 2.56. The second-order valence-electron chi connectivity index (χ2n) is 4.91. The highest BCUT2D eigenvalue weighted by Crippen LogP contribution is 2.30. The van der Waals surface area contributed by atoms with E-state index in [1.165, 1.54) is 0 Å². The summed E-state index contributed by atoms with van der Waals surface area (Å²) in [6.45, 7) is 0.398. The Kier molecular flexibility index (Phi) is 4.49. The van der Waals surface area contributed by atoms with Crippen molar-refractivity contribution in [2.24, 2.45) is 11.8 Å². The van der Waals surface area contributed by atoms with Crippen LogP contribution in [0, 0.1) is 11.8 Å². The van der Waals surface area contributed by atoms with Crippen molar-refractivity contribution < 1.29 is 14.7 Å². The summed E-state index contributed by atoms with van der Waals surface area (Å²) >= 11 is 0. The van der Waals surface area contributed by atoms with Crippen LogP contribution in [0.4, 0.5) is 0 Å². The van der Waals surface area contributed by atoms with Gasteiger partial charge in [0.2, 0.25) is 5.91 Å². The maximum atomic E-state index is 12.1. The van der Waals surface area contributed by atoms with Gasteiger partial charge in [0.25, 0.3) is 0 Å². The van der Waals surface area contributed by atoms with Crippen LogP contribution in [0.25, 0.3) is 0 Å². The molecular formula is C14H18N2O3. The van der Waals surface area contributed by atoms with E-state index in [0.29, 0.717) is 19.4 Å². The number of aliphatic carboxylic acids is 1. The summed E-state index contributed by atoms with van der Waals surface area (Å²) in [5.74, 6) is -1.96. The third kappa shape index (κ3) is 3.53. The largest absolute Gasteiger partial charge is 0.481 e. The number of pyridine rings is 1. The highest BCUT2D eigenvalue weighted by atomic mass is 16.4. The smallest absolute Gasteiger partial charge is 0.307 e. The quantitative estimate of drug-likeness (QED) is 0.863. The molecule has 1 aromatic heterocycles. The average Bonchev–Trinajstić information content (AvgIpc) is 2.46. The summed E-state index contributed by atoms with van der Waals surface area (Å²) in [6, 6.07) is 3.69. The lowest BCUT2D eigenvalue weighted by Gasteiger charge is -2.27. The summed E-state index contributed by atoms with van der Waals surface area (Å²) in [5, 5.41) is 12.0. The monoisotopic (exact) mass is 262 g/mol. The van der Waals surface area contributed by atoms with E-state index >= 15 is 0 Å². The molecular weight excluding hydrogens is 244 g/mol. The molecule has 1 aromatic rings. The first kappa shape index (κ1) is 13.5. The van der Waals surface area contributed by atoms with Crippen molar-refractivity contribution >= 4 is 11.9 Å². The number of hydrogen-bond acceptors (Lipinski definition) is 3. The lowest BCUT2D eigenvalue weighted by atomic mass is 9.78. The number of rotatable bonds is 4. The summed E-state index contributed by atoms with van der Waals surface area (Å²) in [7, 11) is 0. The highest BCUT2D eigenvalue weighted by Gasteiger charge is 2.35. The Morgan fingerprint density at radius 1 is 1.32 bits per heavy atom. The number of carboxylic acid groups (broad SMARTS) is 1. The van der Waals surface area contributed by atoms with Gasteiger partial charge in [0.05, 0.1) is 11.8 Å². The first-order valence-corrected chi connectivity index (χ1v) is 6.58. The molecule has 1 aliphatic rings. The highest BCUT2D eigenvalue weighted by molar-refractivity contribution is 5.84. The molecule has 5 heteroatoms. The summed E-state index contributed by atoms with van der Waals surface area (Å²) in [6.07, 6.45) is 6.44. The van der Waals surface area contributed by atoms with Gasteiger partial charge in [0.1, 0.15) is 0 Å². The van der Waals surface area contributed by atoms with Crippen LogP contribution in [0.1, 0.15) is 31.2 Å². The zero-order valence-corrected chi connectivity index (χ0v) is 10.7. The molecule has 5 nitrogen and oxygen atoms in total. The lowest BCUT2D eigenvalue weighted by molar-refractivity contribution is -0.148. The lowest BCUT2D eigenvalue weighted by Crippen LogP contribution is -2.39. The predicted molar refractivity (Wildman–Crippen MR) is 69.2 cm³/mol. The number of hydrogen-bond donors (Lipinski definition) is 2. The number of aromatic nitrogens is 1. The molecule has 0 aromatic carbocycles. The van der Waals surface area contributed by atoms with Gasteiger partial charge in [-0.3, -0.25) is 14.6 Å². The minimum Gasteiger partial charge on any atom is -0.481 e. The summed E-state index contributed by atoms with van der Waals surface area (Å²) in [4.78, 5) is 27.2. The van der Waals surface area contributed by atoms with Crippen LogP contribution in [-0.2, 0) is 16.1 Å². The fraction of sp³-hybridized carbons (Fsp3) is 0.500. The van der Waals surface area contributed by atoms with Gasteiger partial charge in [-0.15, -0.1) is 0 Å². The number of nitrogens with zero attached hydrogens (tertiary/aromatic N) is 1. The molecule has 2 N–H and O–H groups in total. The normalized spacial score (nSPS) is 22.7. The van der Waals surface area contributed by atoms with Crippen LogP contribution in [0.5, 0.6) is 0 Å². The third-order valence-electron chi connectivity index (χ3n) is 3.61. The summed E-state index contributed by atoms with van der Waals surface area (Å²) < 4.78 is 0. The Morgan fingerprint density at radius 3 is 2.68 bits per heavy atom. The zero-order valence-electron chi connectivity index (χ0n) is 10.7.